The van der Waals surface area contributed by atoms with E-state index in [1.165, 1.54) is 0 Å². The minimum absolute atomic E-state index is 0.658. The number of carboxylic acids is 1. The number of thioether (sulfide) groups is 1. The minimum atomic E-state index is -0.954. The van der Waals surface area contributed by atoms with Crippen LogP contribution in [0, 0.1) is 0 Å². The van der Waals surface area contributed by atoms with Gasteiger partial charge in [0, 0.05) is 11.6 Å². The van der Waals surface area contributed by atoms with E-state index in [4.69, 9.17) is 9.84 Å². The molecule has 4 heteroatoms. The summed E-state index contributed by atoms with van der Waals surface area (Å²) in [6.07, 6.45) is 3.67. The highest BCUT2D eigenvalue weighted by molar-refractivity contribution is 7.99. The molecule has 0 bridgehead atoms. The Morgan fingerprint density at radius 3 is 2.94 bits per heavy atom. The number of hydrogen-bond donors (Lipinski definition) is 1. The molecule has 3 nitrogen and oxygen atoms in total. The first kappa shape index (κ1) is 14.6. The van der Waals surface area contributed by atoms with Crippen molar-refractivity contribution in [2.24, 2.45) is 0 Å². The van der Waals surface area contributed by atoms with Gasteiger partial charge in [-0.15, -0.1) is 0 Å². The molecule has 0 aliphatic heterocycles. The number of ether oxygens (including phenoxy) is 1. The summed E-state index contributed by atoms with van der Waals surface area (Å²) in [7, 11) is 0. The van der Waals surface area contributed by atoms with Crippen LogP contribution in [-0.2, 0) is 4.79 Å². The lowest BCUT2D eigenvalue weighted by molar-refractivity contribution is -0.131. The average molecular weight is 266 g/mol. The lowest BCUT2D eigenvalue weighted by Crippen LogP contribution is -2.00. The van der Waals surface area contributed by atoms with E-state index in [2.05, 4.69) is 6.92 Å². The van der Waals surface area contributed by atoms with E-state index < -0.39 is 5.97 Å². The fraction of sp³-hybridized carbons (Fsp3) is 0.357. The monoisotopic (exact) mass is 266 g/mol. The second-order valence-corrected chi connectivity index (χ2v) is 5.00. The van der Waals surface area contributed by atoms with Gasteiger partial charge in [0.15, 0.2) is 0 Å². The summed E-state index contributed by atoms with van der Waals surface area (Å²) in [4.78, 5) is 10.5. The molecule has 98 valence electrons. The quantitative estimate of drug-likeness (QED) is 0.579. The molecule has 0 aliphatic carbocycles. The normalized spacial score (nSPS) is 10.7. The molecule has 0 spiro atoms. The van der Waals surface area contributed by atoms with Crippen molar-refractivity contribution >= 4 is 23.8 Å². The Morgan fingerprint density at radius 1 is 1.44 bits per heavy atom. The molecule has 0 fully saturated rings. The van der Waals surface area contributed by atoms with Gasteiger partial charge in [0.2, 0.25) is 0 Å². The first-order chi connectivity index (χ1) is 8.74. The van der Waals surface area contributed by atoms with Gasteiger partial charge in [-0.1, -0.05) is 25.1 Å². The van der Waals surface area contributed by atoms with Crippen molar-refractivity contribution < 1.29 is 14.6 Å². The summed E-state index contributed by atoms with van der Waals surface area (Å²) in [6.45, 7) is 2.79. The SMILES string of the molecule is CCSCCCOc1ccccc1/C=C/C(=O)O. The van der Waals surface area contributed by atoms with Crippen LogP contribution in [0.25, 0.3) is 6.08 Å². The summed E-state index contributed by atoms with van der Waals surface area (Å²) in [5.74, 6) is 1.99. The summed E-state index contributed by atoms with van der Waals surface area (Å²) < 4.78 is 5.66. The Balaban J connectivity index is 2.51. The van der Waals surface area contributed by atoms with Crippen LogP contribution in [0.5, 0.6) is 5.75 Å². The van der Waals surface area contributed by atoms with E-state index in [-0.39, 0.29) is 0 Å². The van der Waals surface area contributed by atoms with E-state index in [1.54, 1.807) is 6.08 Å². The van der Waals surface area contributed by atoms with E-state index in [0.717, 1.165) is 35.3 Å². The maximum atomic E-state index is 10.5. The summed E-state index contributed by atoms with van der Waals surface area (Å²) in [5.41, 5.74) is 0.794. The first-order valence-corrected chi connectivity index (χ1v) is 7.10. The third-order valence-corrected chi connectivity index (χ3v) is 3.20. The molecular weight excluding hydrogens is 248 g/mol. The van der Waals surface area contributed by atoms with Crippen LogP contribution in [0.4, 0.5) is 0 Å². The fourth-order valence-corrected chi connectivity index (χ4v) is 2.01. The van der Waals surface area contributed by atoms with Crippen LogP contribution in [0.2, 0.25) is 0 Å². The topological polar surface area (TPSA) is 46.5 Å². The predicted molar refractivity (Wildman–Crippen MR) is 76.2 cm³/mol. The number of benzene rings is 1. The lowest BCUT2D eigenvalue weighted by Gasteiger charge is -2.08. The Bertz CT molecular complexity index is 402. The molecule has 0 atom stereocenters. The van der Waals surface area contributed by atoms with Crippen LogP contribution in [0.3, 0.4) is 0 Å². The summed E-state index contributed by atoms with van der Waals surface area (Å²) in [5, 5.41) is 8.61. The molecule has 0 aliphatic rings. The van der Waals surface area contributed by atoms with Crippen molar-refractivity contribution in [1.82, 2.24) is 0 Å². The van der Waals surface area contributed by atoms with Crippen molar-refractivity contribution in [3.8, 4) is 5.75 Å². The van der Waals surface area contributed by atoms with Crippen LogP contribution >= 0.6 is 11.8 Å². The zero-order valence-corrected chi connectivity index (χ0v) is 11.3. The maximum absolute atomic E-state index is 10.5. The number of rotatable bonds is 8. The van der Waals surface area contributed by atoms with Gasteiger partial charge in [-0.3, -0.25) is 0 Å². The van der Waals surface area contributed by atoms with Crippen molar-refractivity contribution in [3.05, 3.63) is 35.9 Å². The fourth-order valence-electron chi connectivity index (χ4n) is 1.40. The molecule has 1 aromatic carbocycles. The number of hydrogen-bond acceptors (Lipinski definition) is 3. The standard InChI is InChI=1S/C14H18O3S/c1-2-18-11-5-10-17-13-7-4-3-6-12(13)8-9-14(15)16/h3-4,6-9H,2,5,10-11H2,1H3,(H,15,16)/b9-8+. The Kier molecular flexibility index (Phi) is 7.03. The van der Waals surface area contributed by atoms with Crippen molar-refractivity contribution in [2.75, 3.05) is 18.1 Å². The van der Waals surface area contributed by atoms with Crippen LogP contribution in [-0.4, -0.2) is 29.2 Å². The third kappa shape index (κ3) is 5.77. The van der Waals surface area contributed by atoms with Crippen LogP contribution in [0.15, 0.2) is 30.3 Å². The molecule has 18 heavy (non-hydrogen) atoms. The molecule has 1 N–H and O–H groups in total. The lowest BCUT2D eigenvalue weighted by atomic mass is 10.2. The van der Waals surface area contributed by atoms with Gasteiger partial charge in [0.05, 0.1) is 6.61 Å². The highest BCUT2D eigenvalue weighted by atomic mass is 32.2. The predicted octanol–water partition coefficient (Wildman–Crippen LogP) is 3.31. The number of aliphatic carboxylic acids is 1. The largest absolute Gasteiger partial charge is 0.493 e. The van der Waals surface area contributed by atoms with E-state index in [1.807, 2.05) is 36.0 Å². The molecule has 0 saturated heterocycles. The zero-order valence-electron chi connectivity index (χ0n) is 10.5. The number of carboxylic acid groups (broad SMARTS) is 1. The van der Waals surface area contributed by atoms with Crippen LogP contribution < -0.4 is 4.74 Å². The van der Waals surface area contributed by atoms with Crippen molar-refractivity contribution in [2.45, 2.75) is 13.3 Å². The second-order valence-electron chi connectivity index (χ2n) is 3.61. The molecule has 0 amide bonds. The third-order valence-electron chi connectivity index (χ3n) is 2.22. The highest BCUT2D eigenvalue weighted by Gasteiger charge is 2.00. The average Bonchev–Trinajstić information content (AvgIpc) is 2.37. The van der Waals surface area contributed by atoms with Gasteiger partial charge >= 0.3 is 5.97 Å². The first-order valence-electron chi connectivity index (χ1n) is 5.94. The smallest absolute Gasteiger partial charge is 0.328 e. The van der Waals surface area contributed by atoms with E-state index in [0.29, 0.717) is 6.61 Å². The van der Waals surface area contributed by atoms with Gasteiger partial charge in [0.1, 0.15) is 5.75 Å². The minimum Gasteiger partial charge on any atom is -0.493 e. The number of para-hydroxylation sites is 1. The summed E-state index contributed by atoms with van der Waals surface area (Å²) >= 11 is 1.89. The molecule has 0 saturated carbocycles. The van der Waals surface area contributed by atoms with Gasteiger partial charge < -0.3 is 9.84 Å². The molecule has 1 rings (SSSR count). The van der Waals surface area contributed by atoms with Gasteiger partial charge in [0.25, 0.3) is 0 Å². The van der Waals surface area contributed by atoms with E-state index in [9.17, 15) is 4.79 Å². The molecule has 1 aromatic rings. The van der Waals surface area contributed by atoms with Gasteiger partial charge in [-0.25, -0.2) is 4.79 Å². The molecule has 0 unspecified atom stereocenters. The molecule has 0 radical (unpaired) electrons. The number of carbonyl (C=O) groups is 1. The molecular formula is C14H18O3S. The van der Waals surface area contributed by atoms with Crippen molar-refractivity contribution in [1.29, 1.82) is 0 Å². The van der Waals surface area contributed by atoms with Gasteiger partial charge in [-0.05, 0) is 30.1 Å². The molecule has 0 heterocycles. The van der Waals surface area contributed by atoms with Crippen LogP contribution in [0.1, 0.15) is 18.9 Å². The van der Waals surface area contributed by atoms with E-state index >= 15 is 0 Å². The summed E-state index contributed by atoms with van der Waals surface area (Å²) in [6, 6.07) is 7.44. The van der Waals surface area contributed by atoms with Gasteiger partial charge in [-0.2, -0.15) is 11.8 Å². The Hall–Kier alpha value is -1.42. The highest BCUT2D eigenvalue weighted by Crippen LogP contribution is 2.19. The maximum Gasteiger partial charge on any atom is 0.328 e. The zero-order chi connectivity index (χ0) is 13.2. The Morgan fingerprint density at radius 2 is 2.22 bits per heavy atom. The molecule has 0 aromatic heterocycles. The van der Waals surface area contributed by atoms with Crippen molar-refractivity contribution in [3.63, 3.8) is 0 Å². The Labute approximate surface area is 112 Å². The second kappa shape index (κ2) is 8.64.